The predicted octanol–water partition coefficient (Wildman–Crippen LogP) is 6.16. The molecule has 1 aromatic heterocycles. The molecule has 6 nitrogen and oxygen atoms in total. The van der Waals surface area contributed by atoms with E-state index in [9.17, 15) is 4.79 Å². The van der Waals surface area contributed by atoms with Crippen LogP contribution in [-0.4, -0.2) is 26.0 Å². The van der Waals surface area contributed by atoms with Gasteiger partial charge in [0.05, 0.1) is 16.3 Å². The van der Waals surface area contributed by atoms with E-state index in [1.807, 2.05) is 44.2 Å². The Balaban J connectivity index is 1.49. The van der Waals surface area contributed by atoms with E-state index in [0.29, 0.717) is 10.6 Å². The van der Waals surface area contributed by atoms with Crippen LogP contribution in [0.25, 0.3) is 16.7 Å². The highest BCUT2D eigenvalue weighted by Gasteiger charge is 2.14. The molecular weight excluding hydrogens is 466 g/mol. The number of nitrogens with one attached hydrogen (secondary N) is 2. The molecule has 2 N–H and O–H groups in total. The first-order valence-corrected chi connectivity index (χ1v) is 12.0. The number of hydrogen-bond acceptors (Lipinski definition) is 4. The van der Waals surface area contributed by atoms with E-state index in [-0.39, 0.29) is 11.0 Å². The molecule has 4 aromatic rings. The summed E-state index contributed by atoms with van der Waals surface area (Å²) in [7, 11) is 0. The van der Waals surface area contributed by atoms with E-state index >= 15 is 0 Å². The molecule has 8 heteroatoms. The van der Waals surface area contributed by atoms with Crippen LogP contribution in [0.3, 0.4) is 0 Å². The molecule has 0 unspecified atom stereocenters. The van der Waals surface area contributed by atoms with Gasteiger partial charge in [-0.2, -0.15) is 4.80 Å². The van der Waals surface area contributed by atoms with Crippen molar-refractivity contribution in [1.82, 2.24) is 20.3 Å². The van der Waals surface area contributed by atoms with Crippen LogP contribution in [-0.2, 0) is 6.42 Å². The summed E-state index contributed by atoms with van der Waals surface area (Å²) in [6.07, 6.45) is 3.43. The number of nitrogens with zero attached hydrogens (tertiary/aromatic N) is 3. The van der Waals surface area contributed by atoms with E-state index < -0.39 is 0 Å². The lowest BCUT2D eigenvalue weighted by Crippen LogP contribution is -2.34. The highest BCUT2D eigenvalue weighted by atomic mass is 35.5. The number of thiocarbonyl (C=S) groups is 1. The molecule has 0 saturated carbocycles. The highest BCUT2D eigenvalue weighted by Crippen LogP contribution is 2.23. The van der Waals surface area contributed by atoms with E-state index in [1.165, 1.54) is 18.4 Å². The number of carbonyl (C=O) groups excluding carboxylic acids is 1. The minimum absolute atomic E-state index is 0.180. The lowest BCUT2D eigenvalue weighted by Gasteiger charge is -2.12. The quantitative estimate of drug-likeness (QED) is 0.316. The molecular formula is C26H26ClN5OS. The molecule has 0 bridgehead atoms. The highest BCUT2D eigenvalue weighted by molar-refractivity contribution is 7.80. The van der Waals surface area contributed by atoms with Crippen molar-refractivity contribution in [3.05, 3.63) is 81.9 Å². The Bertz CT molecular complexity index is 1360. The van der Waals surface area contributed by atoms with Crippen molar-refractivity contribution in [3.63, 3.8) is 0 Å². The molecule has 0 radical (unpaired) electrons. The smallest absolute Gasteiger partial charge is 0.258 e. The molecule has 0 atom stereocenters. The average Bonchev–Trinajstić information content (AvgIpc) is 3.20. The third-order valence-corrected chi connectivity index (χ3v) is 6.07. The molecule has 0 fully saturated rings. The van der Waals surface area contributed by atoms with Gasteiger partial charge in [-0.15, -0.1) is 10.2 Å². The summed E-state index contributed by atoms with van der Waals surface area (Å²) in [5.41, 5.74) is 6.74. The summed E-state index contributed by atoms with van der Waals surface area (Å²) in [4.78, 5) is 14.2. The largest absolute Gasteiger partial charge is 0.332 e. The number of amides is 1. The van der Waals surface area contributed by atoms with E-state index in [4.69, 9.17) is 23.8 Å². The van der Waals surface area contributed by atoms with Crippen LogP contribution in [0.4, 0.5) is 5.69 Å². The second kappa shape index (κ2) is 10.3. The Morgan fingerprint density at radius 2 is 1.74 bits per heavy atom. The molecule has 0 spiro atoms. The third kappa shape index (κ3) is 5.43. The first-order chi connectivity index (χ1) is 16.3. The van der Waals surface area contributed by atoms with E-state index in [0.717, 1.165) is 40.0 Å². The molecule has 1 amide bonds. The standard InChI is InChI=1S/C26H26ClN5OS/c1-4-5-6-18-8-10-19(11-9-18)32-30-23-14-17(3)22(15-24(23)31-32)28-26(34)29-25(33)20-12-7-16(2)13-21(20)27/h7-15H,4-6H2,1-3H3,(H2,28,29,33,34). The number of anilines is 1. The second-order valence-electron chi connectivity index (χ2n) is 8.31. The van der Waals surface area contributed by atoms with Gasteiger partial charge >= 0.3 is 0 Å². The summed E-state index contributed by atoms with van der Waals surface area (Å²) in [5.74, 6) is -0.366. The van der Waals surface area contributed by atoms with Gasteiger partial charge < -0.3 is 5.32 Å². The SMILES string of the molecule is CCCCc1ccc(-n2nc3cc(C)c(NC(=S)NC(=O)c4ccc(C)cc4Cl)cc3n2)cc1. The minimum Gasteiger partial charge on any atom is -0.332 e. The van der Waals surface area contributed by atoms with Gasteiger partial charge in [0.1, 0.15) is 11.0 Å². The maximum absolute atomic E-state index is 12.6. The van der Waals surface area contributed by atoms with Crippen LogP contribution in [0.2, 0.25) is 5.02 Å². The van der Waals surface area contributed by atoms with Crippen LogP contribution >= 0.6 is 23.8 Å². The van der Waals surface area contributed by atoms with E-state index in [1.54, 1.807) is 16.9 Å². The molecule has 0 aliphatic carbocycles. The van der Waals surface area contributed by atoms with Crippen molar-refractivity contribution >= 4 is 51.6 Å². The minimum atomic E-state index is -0.366. The summed E-state index contributed by atoms with van der Waals surface area (Å²) in [6, 6.07) is 17.4. The van der Waals surface area contributed by atoms with Crippen LogP contribution < -0.4 is 10.6 Å². The van der Waals surface area contributed by atoms with Gasteiger partial charge in [0, 0.05) is 5.69 Å². The van der Waals surface area contributed by atoms with Gasteiger partial charge in [-0.05, 0) is 92.0 Å². The van der Waals surface area contributed by atoms with Crippen LogP contribution in [0.1, 0.15) is 46.8 Å². The summed E-state index contributed by atoms with van der Waals surface area (Å²) in [6.45, 7) is 6.06. The van der Waals surface area contributed by atoms with Gasteiger partial charge in [0.25, 0.3) is 5.91 Å². The van der Waals surface area contributed by atoms with Crippen LogP contribution in [0.15, 0.2) is 54.6 Å². The van der Waals surface area contributed by atoms with Gasteiger partial charge in [-0.25, -0.2) is 0 Å². The molecule has 0 saturated heterocycles. The van der Waals surface area contributed by atoms with Crippen molar-refractivity contribution in [2.24, 2.45) is 0 Å². The molecule has 3 aromatic carbocycles. The van der Waals surface area contributed by atoms with Crippen molar-refractivity contribution in [1.29, 1.82) is 0 Å². The number of halogens is 1. The zero-order valence-electron chi connectivity index (χ0n) is 19.4. The molecule has 4 rings (SSSR count). The normalized spacial score (nSPS) is 10.9. The Morgan fingerprint density at radius 3 is 2.41 bits per heavy atom. The lowest BCUT2D eigenvalue weighted by atomic mass is 10.1. The van der Waals surface area contributed by atoms with Crippen molar-refractivity contribution < 1.29 is 4.79 Å². The Kier molecular flexibility index (Phi) is 7.24. The maximum Gasteiger partial charge on any atom is 0.258 e. The molecule has 0 aliphatic rings. The molecule has 34 heavy (non-hydrogen) atoms. The molecule has 174 valence electrons. The van der Waals surface area contributed by atoms with Gasteiger partial charge in [0.15, 0.2) is 5.11 Å². The first kappa shape index (κ1) is 23.9. The van der Waals surface area contributed by atoms with Crippen molar-refractivity contribution in [2.75, 3.05) is 5.32 Å². The number of carbonyl (C=O) groups is 1. The number of hydrogen-bond donors (Lipinski definition) is 2. The van der Waals surface area contributed by atoms with Crippen LogP contribution in [0.5, 0.6) is 0 Å². The van der Waals surface area contributed by atoms with Crippen molar-refractivity contribution in [2.45, 2.75) is 40.0 Å². The molecule has 0 aliphatic heterocycles. The van der Waals surface area contributed by atoms with E-state index in [2.05, 4.69) is 39.9 Å². The van der Waals surface area contributed by atoms with Crippen molar-refractivity contribution in [3.8, 4) is 5.69 Å². The molecule has 1 heterocycles. The zero-order chi connectivity index (χ0) is 24.2. The number of fused-ring (bicyclic) bond motifs is 1. The summed E-state index contributed by atoms with van der Waals surface area (Å²) >= 11 is 11.6. The fourth-order valence-corrected chi connectivity index (χ4v) is 4.15. The number of benzene rings is 3. The monoisotopic (exact) mass is 491 g/mol. The number of aromatic nitrogens is 3. The van der Waals surface area contributed by atoms with Crippen LogP contribution in [0, 0.1) is 13.8 Å². The first-order valence-electron chi connectivity index (χ1n) is 11.2. The predicted molar refractivity (Wildman–Crippen MR) is 142 cm³/mol. The Labute approximate surface area is 209 Å². The zero-order valence-corrected chi connectivity index (χ0v) is 20.9. The lowest BCUT2D eigenvalue weighted by molar-refractivity contribution is 0.0978. The topological polar surface area (TPSA) is 71.8 Å². The maximum atomic E-state index is 12.6. The van der Waals surface area contributed by atoms with Gasteiger partial charge in [-0.1, -0.05) is 43.1 Å². The average molecular weight is 492 g/mol. The second-order valence-corrected chi connectivity index (χ2v) is 9.12. The van der Waals surface area contributed by atoms with Gasteiger partial charge in [-0.3, -0.25) is 10.1 Å². The summed E-state index contributed by atoms with van der Waals surface area (Å²) in [5, 5.41) is 15.6. The summed E-state index contributed by atoms with van der Waals surface area (Å²) < 4.78 is 0. The third-order valence-electron chi connectivity index (χ3n) is 5.56. The number of unbranched alkanes of at least 4 members (excludes halogenated alkanes) is 1. The Hall–Kier alpha value is -3.29. The number of aryl methyl sites for hydroxylation is 3. The number of rotatable bonds is 6. The van der Waals surface area contributed by atoms with Gasteiger partial charge in [0.2, 0.25) is 0 Å². The Morgan fingerprint density at radius 1 is 1.03 bits per heavy atom. The fourth-order valence-electron chi connectivity index (χ4n) is 3.62. The fraction of sp³-hybridized carbons (Fsp3) is 0.231.